The Balaban J connectivity index is 2.01. The van der Waals surface area contributed by atoms with Gasteiger partial charge in [0, 0.05) is 4.88 Å². The molecule has 0 amide bonds. The first kappa shape index (κ1) is 14.7. The molecule has 112 valence electrons. The molecule has 1 atom stereocenters. The smallest absolute Gasteiger partial charge is 0.115 e. The van der Waals surface area contributed by atoms with Gasteiger partial charge in [-0.3, -0.25) is 0 Å². The average Bonchev–Trinajstić information content (AvgIpc) is 3.28. The van der Waals surface area contributed by atoms with Gasteiger partial charge in [-0.25, -0.2) is 4.98 Å². The molecule has 1 aliphatic carbocycles. The van der Waals surface area contributed by atoms with E-state index in [-0.39, 0.29) is 6.04 Å². The van der Waals surface area contributed by atoms with E-state index in [1.54, 1.807) is 0 Å². The van der Waals surface area contributed by atoms with E-state index in [9.17, 15) is 0 Å². The molecule has 1 aliphatic rings. The maximum Gasteiger partial charge on any atom is 0.115 e. The van der Waals surface area contributed by atoms with E-state index in [1.807, 2.05) is 11.3 Å². The molecule has 1 aromatic carbocycles. The second-order valence-electron chi connectivity index (χ2n) is 5.80. The van der Waals surface area contributed by atoms with E-state index >= 15 is 0 Å². The van der Waals surface area contributed by atoms with Crippen LogP contribution in [-0.4, -0.2) is 11.5 Å². The molecule has 2 nitrogen and oxygen atoms in total. The number of hydrogen-bond acceptors (Lipinski definition) is 3. The number of aryl methyl sites for hydroxylation is 2. The van der Waals surface area contributed by atoms with Gasteiger partial charge in [-0.1, -0.05) is 38.1 Å². The molecular formula is C18H24N2S. The molecule has 0 spiro atoms. The summed E-state index contributed by atoms with van der Waals surface area (Å²) in [5.41, 5.74) is 4.20. The van der Waals surface area contributed by atoms with Crippen molar-refractivity contribution in [2.45, 2.75) is 52.0 Å². The van der Waals surface area contributed by atoms with E-state index in [1.165, 1.54) is 39.5 Å². The molecule has 3 rings (SSSR count). The number of aromatic nitrogens is 1. The van der Waals surface area contributed by atoms with Crippen LogP contribution >= 0.6 is 11.3 Å². The zero-order valence-corrected chi connectivity index (χ0v) is 14.0. The van der Waals surface area contributed by atoms with E-state index in [4.69, 9.17) is 4.98 Å². The molecule has 21 heavy (non-hydrogen) atoms. The van der Waals surface area contributed by atoms with Crippen LogP contribution in [0.25, 0.3) is 0 Å². The van der Waals surface area contributed by atoms with Gasteiger partial charge in [-0.05, 0) is 49.8 Å². The van der Waals surface area contributed by atoms with Crippen LogP contribution in [0.5, 0.6) is 0 Å². The Morgan fingerprint density at radius 2 is 2.05 bits per heavy atom. The van der Waals surface area contributed by atoms with Crippen molar-refractivity contribution in [3.8, 4) is 0 Å². The van der Waals surface area contributed by atoms with Gasteiger partial charge in [0.2, 0.25) is 0 Å². The molecule has 0 bridgehead atoms. The molecule has 0 saturated heterocycles. The fraction of sp³-hybridized carbons (Fsp3) is 0.500. The first-order chi connectivity index (χ1) is 10.2. The van der Waals surface area contributed by atoms with Crippen molar-refractivity contribution >= 4 is 11.3 Å². The van der Waals surface area contributed by atoms with Crippen LogP contribution in [0, 0.1) is 6.92 Å². The maximum atomic E-state index is 4.90. The van der Waals surface area contributed by atoms with Crippen molar-refractivity contribution in [2.75, 3.05) is 6.54 Å². The fourth-order valence-corrected chi connectivity index (χ4v) is 4.08. The Hall–Kier alpha value is -1.19. The Morgan fingerprint density at radius 1 is 1.29 bits per heavy atom. The minimum atomic E-state index is 0.246. The van der Waals surface area contributed by atoms with Crippen molar-refractivity contribution in [1.82, 2.24) is 10.3 Å². The van der Waals surface area contributed by atoms with Gasteiger partial charge in [0.1, 0.15) is 5.01 Å². The lowest BCUT2D eigenvalue weighted by molar-refractivity contribution is 0.620. The summed E-state index contributed by atoms with van der Waals surface area (Å²) in [4.78, 5) is 6.26. The monoisotopic (exact) mass is 300 g/mol. The van der Waals surface area contributed by atoms with Crippen molar-refractivity contribution in [1.29, 1.82) is 0 Å². The summed E-state index contributed by atoms with van der Waals surface area (Å²) in [6.07, 6.45) is 3.70. The molecule has 1 N–H and O–H groups in total. The Bertz CT molecular complexity index is 613. The molecule has 1 fully saturated rings. The molecule has 0 aliphatic heterocycles. The van der Waals surface area contributed by atoms with Gasteiger partial charge in [0.25, 0.3) is 0 Å². The topological polar surface area (TPSA) is 24.9 Å². The van der Waals surface area contributed by atoms with Gasteiger partial charge in [0.15, 0.2) is 0 Å². The van der Waals surface area contributed by atoms with Crippen LogP contribution in [0.3, 0.4) is 0 Å². The summed E-state index contributed by atoms with van der Waals surface area (Å²) in [5, 5.41) is 4.87. The second-order valence-corrected chi connectivity index (χ2v) is 7.04. The highest BCUT2D eigenvalue weighted by Gasteiger charge is 2.29. The summed E-state index contributed by atoms with van der Waals surface area (Å²) in [6, 6.07) is 9.16. The summed E-state index contributed by atoms with van der Waals surface area (Å²) in [5.74, 6) is 0.772. The highest BCUT2D eigenvalue weighted by Crippen LogP contribution is 2.44. The number of hydrogen-bond donors (Lipinski definition) is 1. The largest absolute Gasteiger partial charge is 0.305 e. The molecule has 1 unspecified atom stereocenters. The maximum absolute atomic E-state index is 4.90. The first-order valence-corrected chi connectivity index (χ1v) is 8.84. The lowest BCUT2D eigenvalue weighted by atomic mass is 9.97. The van der Waals surface area contributed by atoms with Crippen molar-refractivity contribution < 1.29 is 0 Å². The second kappa shape index (κ2) is 6.29. The van der Waals surface area contributed by atoms with Crippen LogP contribution in [0.15, 0.2) is 24.3 Å². The number of nitrogens with zero attached hydrogens (tertiary/aromatic N) is 1. The third kappa shape index (κ3) is 3.04. The zero-order chi connectivity index (χ0) is 14.8. The highest BCUT2D eigenvalue weighted by atomic mass is 32.1. The normalized spacial score (nSPS) is 16.1. The van der Waals surface area contributed by atoms with Crippen LogP contribution in [-0.2, 0) is 6.42 Å². The molecule has 1 heterocycles. The number of thiazole rings is 1. The highest BCUT2D eigenvalue weighted by molar-refractivity contribution is 7.11. The lowest BCUT2D eigenvalue weighted by Crippen LogP contribution is -2.23. The van der Waals surface area contributed by atoms with Gasteiger partial charge in [-0.2, -0.15) is 0 Å². The minimum Gasteiger partial charge on any atom is -0.305 e. The molecule has 0 radical (unpaired) electrons. The summed E-state index contributed by atoms with van der Waals surface area (Å²) < 4.78 is 0. The molecule has 3 heteroatoms. The van der Waals surface area contributed by atoms with Crippen LogP contribution in [0.4, 0.5) is 0 Å². The number of rotatable bonds is 6. The van der Waals surface area contributed by atoms with Gasteiger partial charge in [-0.15, -0.1) is 11.3 Å². The Labute approximate surface area is 131 Å². The quantitative estimate of drug-likeness (QED) is 0.844. The first-order valence-electron chi connectivity index (χ1n) is 8.03. The Morgan fingerprint density at radius 3 is 2.67 bits per heavy atom. The minimum absolute atomic E-state index is 0.246. The lowest BCUT2D eigenvalue weighted by Gasteiger charge is -2.19. The molecule has 2 aromatic rings. The van der Waals surface area contributed by atoms with Crippen molar-refractivity contribution in [3.63, 3.8) is 0 Å². The van der Waals surface area contributed by atoms with Gasteiger partial charge >= 0.3 is 0 Å². The number of nitrogens with one attached hydrogen (secondary N) is 1. The predicted molar refractivity (Wildman–Crippen MR) is 90.2 cm³/mol. The van der Waals surface area contributed by atoms with Gasteiger partial charge in [0.05, 0.1) is 11.7 Å². The summed E-state index contributed by atoms with van der Waals surface area (Å²) in [6.45, 7) is 7.51. The van der Waals surface area contributed by atoms with Crippen molar-refractivity contribution in [3.05, 3.63) is 51.0 Å². The third-order valence-corrected chi connectivity index (χ3v) is 5.30. The fourth-order valence-electron chi connectivity index (χ4n) is 2.98. The average molecular weight is 300 g/mol. The number of benzene rings is 1. The predicted octanol–water partition coefficient (Wildman–Crippen LogP) is 4.59. The summed E-state index contributed by atoms with van der Waals surface area (Å²) >= 11 is 1.85. The molecule has 1 aromatic heterocycles. The standard InChI is InChI=1S/C18H24N2S/c1-4-16-12(3)21-18(20-16)17(19-5-2)15-9-7-6-8-14(15)13-10-11-13/h6-9,13,17,19H,4-5,10-11H2,1-3H3. The van der Waals surface area contributed by atoms with E-state index in [0.717, 1.165) is 18.9 Å². The Kier molecular flexibility index (Phi) is 4.41. The summed E-state index contributed by atoms with van der Waals surface area (Å²) in [7, 11) is 0. The third-order valence-electron chi connectivity index (χ3n) is 4.22. The van der Waals surface area contributed by atoms with Crippen LogP contribution < -0.4 is 5.32 Å². The van der Waals surface area contributed by atoms with Crippen molar-refractivity contribution in [2.24, 2.45) is 0 Å². The molecule has 1 saturated carbocycles. The van der Waals surface area contributed by atoms with Gasteiger partial charge < -0.3 is 5.32 Å². The SMILES string of the molecule is CCNC(c1nc(CC)c(C)s1)c1ccccc1C1CC1. The van der Waals surface area contributed by atoms with E-state index in [2.05, 4.69) is 50.4 Å². The zero-order valence-electron chi connectivity index (χ0n) is 13.1. The van der Waals surface area contributed by atoms with E-state index < -0.39 is 0 Å². The molecular weight excluding hydrogens is 276 g/mol. The van der Waals surface area contributed by atoms with Crippen LogP contribution in [0.2, 0.25) is 0 Å². The van der Waals surface area contributed by atoms with Crippen LogP contribution in [0.1, 0.15) is 65.4 Å². The van der Waals surface area contributed by atoms with E-state index in [0.29, 0.717) is 0 Å².